The van der Waals surface area contributed by atoms with Crippen LogP contribution in [0.2, 0.25) is 10.0 Å². The summed E-state index contributed by atoms with van der Waals surface area (Å²) >= 11 is 12.5. The highest BCUT2D eigenvalue weighted by Crippen LogP contribution is 2.38. The van der Waals surface area contributed by atoms with Crippen LogP contribution in [0.4, 0.5) is 5.69 Å². The van der Waals surface area contributed by atoms with Crippen molar-refractivity contribution in [3.63, 3.8) is 0 Å². The standard InChI is InChI=1S/C18H13Cl2N3O3/c19-13-9-12(1-2-15(13)23-4-3-21-10-23)22-18(24)11-7-14(20)17-16(8-11)25-5-6-26-17/h1-4,7-10H,5-6H2,(H,22,24). The van der Waals surface area contributed by atoms with Crippen LogP contribution in [-0.2, 0) is 0 Å². The highest BCUT2D eigenvalue weighted by molar-refractivity contribution is 6.33. The molecule has 2 heterocycles. The third-order valence-corrected chi connectivity index (χ3v) is 4.43. The van der Waals surface area contributed by atoms with E-state index in [0.717, 1.165) is 5.69 Å². The highest BCUT2D eigenvalue weighted by atomic mass is 35.5. The van der Waals surface area contributed by atoms with E-state index in [-0.39, 0.29) is 5.91 Å². The van der Waals surface area contributed by atoms with Crippen LogP contribution >= 0.6 is 23.2 Å². The molecule has 1 N–H and O–H groups in total. The molecule has 2 aromatic carbocycles. The molecule has 132 valence electrons. The fraction of sp³-hybridized carbons (Fsp3) is 0.111. The smallest absolute Gasteiger partial charge is 0.255 e. The first-order valence-corrected chi connectivity index (χ1v) is 8.56. The number of imidazole rings is 1. The maximum atomic E-state index is 12.6. The Labute approximate surface area is 159 Å². The van der Waals surface area contributed by atoms with Crippen molar-refractivity contribution in [3.8, 4) is 17.2 Å². The minimum atomic E-state index is -0.324. The van der Waals surface area contributed by atoms with E-state index in [2.05, 4.69) is 10.3 Å². The average molecular weight is 390 g/mol. The molecule has 1 aliphatic rings. The van der Waals surface area contributed by atoms with E-state index < -0.39 is 0 Å². The minimum absolute atomic E-state index is 0.324. The summed E-state index contributed by atoms with van der Waals surface area (Å²) in [4.78, 5) is 16.5. The molecule has 1 amide bonds. The van der Waals surface area contributed by atoms with Gasteiger partial charge < -0.3 is 19.4 Å². The number of hydrogen-bond donors (Lipinski definition) is 1. The molecule has 0 fully saturated rings. The normalized spacial score (nSPS) is 12.7. The highest BCUT2D eigenvalue weighted by Gasteiger charge is 2.19. The Kier molecular flexibility index (Phi) is 4.44. The number of amides is 1. The predicted molar refractivity (Wildman–Crippen MR) is 99.0 cm³/mol. The second kappa shape index (κ2) is 6.90. The molecular formula is C18H13Cl2N3O3. The number of nitrogens with one attached hydrogen (secondary N) is 1. The number of aromatic nitrogens is 2. The van der Waals surface area contributed by atoms with E-state index in [4.69, 9.17) is 32.7 Å². The van der Waals surface area contributed by atoms with Crippen LogP contribution in [-0.4, -0.2) is 28.7 Å². The number of ether oxygens (including phenoxy) is 2. The van der Waals surface area contributed by atoms with Gasteiger partial charge in [-0.2, -0.15) is 0 Å². The summed E-state index contributed by atoms with van der Waals surface area (Å²) in [6.45, 7) is 0.847. The molecule has 3 aromatic rings. The number of fused-ring (bicyclic) bond motifs is 1. The van der Waals surface area contributed by atoms with Crippen LogP contribution < -0.4 is 14.8 Å². The topological polar surface area (TPSA) is 65.4 Å². The van der Waals surface area contributed by atoms with Crippen molar-refractivity contribution in [1.29, 1.82) is 0 Å². The van der Waals surface area contributed by atoms with E-state index in [9.17, 15) is 4.79 Å². The summed E-state index contributed by atoms with van der Waals surface area (Å²) in [6.07, 6.45) is 5.10. The maximum absolute atomic E-state index is 12.6. The average Bonchev–Trinajstić information content (AvgIpc) is 3.16. The number of carbonyl (C=O) groups excluding carboxylic acids is 1. The number of hydrogen-bond acceptors (Lipinski definition) is 4. The Balaban J connectivity index is 1.57. The lowest BCUT2D eigenvalue weighted by Crippen LogP contribution is -2.17. The summed E-state index contributed by atoms with van der Waals surface area (Å²) in [5.41, 5.74) is 1.70. The van der Waals surface area contributed by atoms with Gasteiger partial charge in [-0.1, -0.05) is 23.2 Å². The van der Waals surface area contributed by atoms with Gasteiger partial charge in [-0.25, -0.2) is 4.98 Å². The lowest BCUT2D eigenvalue weighted by atomic mass is 10.1. The Morgan fingerprint density at radius 2 is 1.96 bits per heavy atom. The number of rotatable bonds is 3. The number of carbonyl (C=O) groups is 1. The second-order valence-electron chi connectivity index (χ2n) is 5.57. The first-order valence-electron chi connectivity index (χ1n) is 7.80. The zero-order chi connectivity index (χ0) is 18.1. The first kappa shape index (κ1) is 16.8. The van der Waals surface area contributed by atoms with Gasteiger partial charge in [0.15, 0.2) is 11.5 Å². The molecule has 0 radical (unpaired) electrons. The molecule has 0 atom stereocenters. The summed E-state index contributed by atoms with van der Waals surface area (Å²) in [6, 6.07) is 8.40. The van der Waals surface area contributed by atoms with Gasteiger partial charge in [0, 0.05) is 23.6 Å². The fourth-order valence-corrected chi connectivity index (χ4v) is 3.18. The summed E-state index contributed by atoms with van der Waals surface area (Å²) in [5.74, 6) is 0.597. The number of halogens is 2. The third-order valence-electron chi connectivity index (χ3n) is 3.85. The van der Waals surface area contributed by atoms with E-state index in [0.29, 0.717) is 46.0 Å². The van der Waals surface area contributed by atoms with Crippen molar-refractivity contribution >= 4 is 34.8 Å². The molecular weight excluding hydrogens is 377 g/mol. The number of benzene rings is 2. The van der Waals surface area contributed by atoms with Crippen LogP contribution in [0.1, 0.15) is 10.4 Å². The van der Waals surface area contributed by atoms with Crippen LogP contribution in [0.25, 0.3) is 5.69 Å². The Bertz CT molecular complexity index is 974. The zero-order valence-corrected chi connectivity index (χ0v) is 14.9. The largest absolute Gasteiger partial charge is 0.486 e. The molecule has 0 bridgehead atoms. The van der Waals surface area contributed by atoms with Crippen LogP contribution in [0.15, 0.2) is 49.1 Å². The molecule has 6 nitrogen and oxygen atoms in total. The lowest BCUT2D eigenvalue weighted by Gasteiger charge is -2.20. The third kappa shape index (κ3) is 3.21. The predicted octanol–water partition coefficient (Wildman–Crippen LogP) is 4.20. The molecule has 0 saturated heterocycles. The van der Waals surface area contributed by atoms with Crippen molar-refractivity contribution in [3.05, 3.63) is 64.7 Å². The van der Waals surface area contributed by atoms with Crippen molar-refractivity contribution in [2.75, 3.05) is 18.5 Å². The number of nitrogens with zero attached hydrogens (tertiary/aromatic N) is 2. The van der Waals surface area contributed by atoms with Crippen LogP contribution in [0.3, 0.4) is 0 Å². The molecule has 8 heteroatoms. The molecule has 1 aliphatic heterocycles. The fourth-order valence-electron chi connectivity index (χ4n) is 2.64. The van der Waals surface area contributed by atoms with Crippen molar-refractivity contribution < 1.29 is 14.3 Å². The van der Waals surface area contributed by atoms with Gasteiger partial charge in [0.05, 0.1) is 22.1 Å². The van der Waals surface area contributed by atoms with Crippen LogP contribution in [0.5, 0.6) is 11.5 Å². The summed E-state index contributed by atoms with van der Waals surface area (Å²) < 4.78 is 12.7. The second-order valence-corrected chi connectivity index (χ2v) is 6.39. The van der Waals surface area contributed by atoms with Crippen molar-refractivity contribution in [2.45, 2.75) is 0 Å². The Morgan fingerprint density at radius 1 is 1.12 bits per heavy atom. The van der Waals surface area contributed by atoms with E-state index >= 15 is 0 Å². The van der Waals surface area contributed by atoms with Crippen molar-refractivity contribution in [2.24, 2.45) is 0 Å². The van der Waals surface area contributed by atoms with Gasteiger partial charge in [-0.15, -0.1) is 0 Å². The molecule has 4 rings (SSSR count). The minimum Gasteiger partial charge on any atom is -0.486 e. The first-order chi connectivity index (χ1) is 12.6. The van der Waals surface area contributed by atoms with Gasteiger partial charge in [0.25, 0.3) is 5.91 Å². The summed E-state index contributed by atoms with van der Waals surface area (Å²) in [5, 5.41) is 3.62. The monoisotopic (exact) mass is 389 g/mol. The Morgan fingerprint density at radius 3 is 2.73 bits per heavy atom. The van der Waals surface area contributed by atoms with Gasteiger partial charge >= 0.3 is 0 Å². The molecule has 0 aliphatic carbocycles. The SMILES string of the molecule is O=C(Nc1ccc(-n2ccnc2)c(Cl)c1)c1cc(Cl)c2c(c1)OCCO2. The molecule has 0 saturated carbocycles. The Hall–Kier alpha value is -2.70. The maximum Gasteiger partial charge on any atom is 0.255 e. The van der Waals surface area contributed by atoms with E-state index in [1.165, 1.54) is 0 Å². The molecule has 1 aromatic heterocycles. The van der Waals surface area contributed by atoms with Gasteiger partial charge in [-0.05, 0) is 30.3 Å². The van der Waals surface area contributed by atoms with Crippen LogP contribution in [0, 0.1) is 0 Å². The van der Waals surface area contributed by atoms with Crippen molar-refractivity contribution in [1.82, 2.24) is 9.55 Å². The quantitative estimate of drug-likeness (QED) is 0.728. The molecule has 26 heavy (non-hydrogen) atoms. The zero-order valence-electron chi connectivity index (χ0n) is 13.4. The summed E-state index contributed by atoms with van der Waals surface area (Å²) in [7, 11) is 0. The van der Waals surface area contributed by atoms with Gasteiger partial charge in [0.2, 0.25) is 0 Å². The molecule has 0 spiro atoms. The number of anilines is 1. The molecule has 0 unspecified atom stereocenters. The van der Waals surface area contributed by atoms with E-state index in [1.807, 2.05) is 0 Å². The van der Waals surface area contributed by atoms with Gasteiger partial charge in [-0.3, -0.25) is 4.79 Å². The van der Waals surface area contributed by atoms with Gasteiger partial charge in [0.1, 0.15) is 13.2 Å². The lowest BCUT2D eigenvalue weighted by molar-refractivity contribution is 0.102. The van der Waals surface area contributed by atoms with E-state index in [1.54, 1.807) is 53.6 Å².